The van der Waals surface area contributed by atoms with E-state index in [1.165, 1.54) is 12.1 Å². The van der Waals surface area contributed by atoms with Crippen molar-refractivity contribution >= 4 is 21.6 Å². The maximum atomic E-state index is 12.7. The predicted molar refractivity (Wildman–Crippen MR) is 108 cm³/mol. The molecule has 0 spiro atoms. The second-order valence-corrected chi connectivity index (χ2v) is 8.33. The average molecular weight is 390 g/mol. The molecule has 0 aromatic heterocycles. The Morgan fingerprint density at radius 2 is 1.74 bits per heavy atom. The number of sulfonamides is 1. The van der Waals surface area contributed by atoms with Gasteiger partial charge in [0.15, 0.2) is 0 Å². The molecule has 4 N–H and O–H groups in total. The van der Waals surface area contributed by atoms with Gasteiger partial charge in [-0.15, -0.1) is 0 Å². The Labute approximate surface area is 161 Å². The van der Waals surface area contributed by atoms with Crippen LogP contribution in [0.2, 0.25) is 0 Å². The summed E-state index contributed by atoms with van der Waals surface area (Å²) < 4.78 is 27.9. The van der Waals surface area contributed by atoms with Crippen LogP contribution in [0, 0.1) is 6.92 Å². The van der Waals surface area contributed by atoms with Gasteiger partial charge < -0.3 is 11.1 Å². The quantitative estimate of drug-likeness (QED) is 0.646. The van der Waals surface area contributed by atoms with Crippen LogP contribution in [0.1, 0.15) is 42.6 Å². The third-order valence-electron chi connectivity index (χ3n) is 4.80. The van der Waals surface area contributed by atoms with Crippen molar-refractivity contribution in [3.63, 3.8) is 0 Å². The predicted octanol–water partition coefficient (Wildman–Crippen LogP) is 3.04. The number of carbonyl (C=O) groups is 1. The maximum Gasteiger partial charge on any atom is 0.261 e. The minimum atomic E-state index is -3.80. The van der Waals surface area contributed by atoms with Gasteiger partial charge in [-0.05, 0) is 55.7 Å². The minimum Gasteiger partial charge on any atom is -0.345 e. The molecule has 0 aliphatic heterocycles. The minimum absolute atomic E-state index is 0.0306. The molecule has 0 heterocycles. The summed E-state index contributed by atoms with van der Waals surface area (Å²) >= 11 is 0. The highest BCUT2D eigenvalue weighted by molar-refractivity contribution is 7.92. The molecule has 1 amide bonds. The van der Waals surface area contributed by atoms with Gasteiger partial charge in [0.25, 0.3) is 15.9 Å². The molecule has 0 fully saturated rings. The fourth-order valence-electron chi connectivity index (χ4n) is 2.81. The first kappa shape index (κ1) is 20.9. The average Bonchev–Trinajstić information content (AvgIpc) is 2.66. The third kappa shape index (κ3) is 5.08. The molecule has 0 atom stereocenters. The zero-order valence-electron chi connectivity index (χ0n) is 16.0. The van der Waals surface area contributed by atoms with Gasteiger partial charge >= 0.3 is 0 Å². The van der Waals surface area contributed by atoms with E-state index in [0.29, 0.717) is 25.1 Å². The van der Waals surface area contributed by atoms with Gasteiger partial charge in [0, 0.05) is 17.8 Å². The molecule has 0 saturated carbocycles. The lowest BCUT2D eigenvalue weighted by atomic mass is 9.92. The zero-order valence-corrected chi connectivity index (χ0v) is 16.8. The normalized spacial score (nSPS) is 11.9. The van der Waals surface area contributed by atoms with E-state index in [0.717, 1.165) is 5.56 Å². The largest absolute Gasteiger partial charge is 0.345 e. The number of carbonyl (C=O) groups excluding carboxylic acids is 1. The molecule has 2 aromatic carbocycles. The summed E-state index contributed by atoms with van der Waals surface area (Å²) in [6, 6.07) is 13.1. The summed E-state index contributed by atoms with van der Waals surface area (Å²) in [5.74, 6) is -0.336. The highest BCUT2D eigenvalue weighted by atomic mass is 32.2. The molecule has 7 heteroatoms. The first-order chi connectivity index (χ1) is 12.7. The molecule has 6 nitrogen and oxygen atoms in total. The number of rotatable bonds is 8. The number of aryl methyl sites for hydroxylation is 1. The Hall–Kier alpha value is -2.38. The highest BCUT2D eigenvalue weighted by Gasteiger charge is 2.27. The number of anilines is 1. The molecule has 0 bridgehead atoms. The number of benzene rings is 2. The van der Waals surface area contributed by atoms with Gasteiger partial charge in [-0.2, -0.15) is 0 Å². The van der Waals surface area contributed by atoms with Crippen LogP contribution in [-0.4, -0.2) is 26.4 Å². The SMILES string of the molecule is CCC(CC)(CN)NC(=O)c1cccc(S(=O)(=O)Nc2cccc(C)c2)c1. The number of nitrogens with two attached hydrogens (primary N) is 1. The lowest BCUT2D eigenvalue weighted by Crippen LogP contribution is -2.52. The Balaban J connectivity index is 2.27. The van der Waals surface area contributed by atoms with E-state index in [2.05, 4.69) is 10.0 Å². The van der Waals surface area contributed by atoms with Crippen molar-refractivity contribution in [2.45, 2.75) is 44.0 Å². The van der Waals surface area contributed by atoms with Gasteiger partial charge in [-0.25, -0.2) is 8.42 Å². The van der Waals surface area contributed by atoms with Gasteiger partial charge in [-0.3, -0.25) is 9.52 Å². The van der Waals surface area contributed by atoms with Crippen LogP contribution >= 0.6 is 0 Å². The van der Waals surface area contributed by atoms with Gasteiger partial charge in [0.1, 0.15) is 0 Å². The smallest absolute Gasteiger partial charge is 0.261 e. The van der Waals surface area contributed by atoms with Crippen LogP contribution in [0.5, 0.6) is 0 Å². The van der Waals surface area contributed by atoms with Crippen molar-refractivity contribution in [3.8, 4) is 0 Å². The van der Waals surface area contributed by atoms with E-state index < -0.39 is 15.6 Å². The molecule has 0 aliphatic rings. The summed E-state index contributed by atoms with van der Waals surface area (Å²) in [5, 5.41) is 2.95. The maximum absolute atomic E-state index is 12.7. The van der Waals surface area contributed by atoms with Crippen LogP contribution < -0.4 is 15.8 Å². The number of amides is 1. The summed E-state index contributed by atoms with van der Waals surface area (Å²) in [6.45, 7) is 6.12. The lowest BCUT2D eigenvalue weighted by molar-refractivity contribution is 0.0895. The first-order valence-corrected chi connectivity index (χ1v) is 10.5. The fourth-order valence-corrected chi connectivity index (χ4v) is 3.90. The second kappa shape index (κ2) is 8.54. The summed E-state index contributed by atoms with van der Waals surface area (Å²) in [6.07, 6.45) is 1.39. The molecule has 2 rings (SSSR count). The van der Waals surface area contributed by atoms with E-state index in [4.69, 9.17) is 5.73 Å². The van der Waals surface area contributed by atoms with Crippen molar-refractivity contribution in [2.24, 2.45) is 5.73 Å². The van der Waals surface area contributed by atoms with Crippen LogP contribution in [0.4, 0.5) is 5.69 Å². The Kier molecular flexibility index (Phi) is 6.62. The molecule has 0 radical (unpaired) electrons. The van der Waals surface area contributed by atoms with E-state index in [-0.39, 0.29) is 16.4 Å². The van der Waals surface area contributed by atoms with Crippen LogP contribution in [0.25, 0.3) is 0 Å². The molecular weight excluding hydrogens is 362 g/mol. The summed E-state index contributed by atoms with van der Waals surface area (Å²) in [7, 11) is -3.80. The second-order valence-electron chi connectivity index (χ2n) is 6.65. The fraction of sp³-hybridized carbons (Fsp3) is 0.350. The first-order valence-electron chi connectivity index (χ1n) is 8.97. The molecule has 0 aliphatic carbocycles. The standard InChI is InChI=1S/C20H27N3O3S/c1-4-20(5-2,14-21)22-19(24)16-9-7-11-18(13-16)27(25,26)23-17-10-6-8-15(3)12-17/h6-13,23H,4-5,14,21H2,1-3H3,(H,22,24). The summed E-state index contributed by atoms with van der Waals surface area (Å²) in [4.78, 5) is 12.7. The Morgan fingerprint density at radius 1 is 1.07 bits per heavy atom. The van der Waals surface area contributed by atoms with Crippen LogP contribution in [0.15, 0.2) is 53.4 Å². The number of hydrogen-bond acceptors (Lipinski definition) is 4. The monoisotopic (exact) mass is 389 g/mol. The number of hydrogen-bond donors (Lipinski definition) is 3. The van der Waals surface area contributed by atoms with Gasteiger partial charge in [0.05, 0.1) is 10.4 Å². The lowest BCUT2D eigenvalue weighted by Gasteiger charge is -2.31. The van der Waals surface area contributed by atoms with Crippen molar-refractivity contribution < 1.29 is 13.2 Å². The van der Waals surface area contributed by atoms with Crippen molar-refractivity contribution in [3.05, 3.63) is 59.7 Å². The van der Waals surface area contributed by atoms with Gasteiger partial charge in [0.2, 0.25) is 0 Å². The van der Waals surface area contributed by atoms with E-state index in [1.807, 2.05) is 26.8 Å². The van der Waals surface area contributed by atoms with Crippen LogP contribution in [0.3, 0.4) is 0 Å². The molecule has 2 aromatic rings. The van der Waals surface area contributed by atoms with Crippen molar-refractivity contribution in [1.82, 2.24) is 5.32 Å². The molecular formula is C20H27N3O3S. The molecule has 27 heavy (non-hydrogen) atoms. The summed E-state index contributed by atoms with van der Waals surface area (Å²) in [5.41, 5.74) is 7.04. The van der Waals surface area contributed by atoms with E-state index >= 15 is 0 Å². The zero-order chi connectivity index (χ0) is 20.1. The highest BCUT2D eigenvalue weighted by Crippen LogP contribution is 2.19. The number of nitrogens with one attached hydrogen (secondary N) is 2. The molecule has 0 unspecified atom stereocenters. The molecule has 146 valence electrons. The van der Waals surface area contributed by atoms with Crippen molar-refractivity contribution in [1.29, 1.82) is 0 Å². The molecule has 0 saturated heterocycles. The van der Waals surface area contributed by atoms with E-state index in [9.17, 15) is 13.2 Å². The third-order valence-corrected chi connectivity index (χ3v) is 6.18. The van der Waals surface area contributed by atoms with Crippen molar-refractivity contribution in [2.75, 3.05) is 11.3 Å². The van der Waals surface area contributed by atoms with Crippen LogP contribution in [-0.2, 0) is 10.0 Å². The van der Waals surface area contributed by atoms with E-state index in [1.54, 1.807) is 30.3 Å². The Bertz CT molecular complexity index is 898. The van der Waals surface area contributed by atoms with Gasteiger partial charge in [-0.1, -0.05) is 32.0 Å². The Morgan fingerprint density at radius 3 is 2.33 bits per heavy atom. The topological polar surface area (TPSA) is 101 Å².